The second kappa shape index (κ2) is 6.34. The summed E-state index contributed by atoms with van der Waals surface area (Å²) in [6.07, 6.45) is 0.818. The van der Waals surface area contributed by atoms with Gasteiger partial charge in [0.05, 0.1) is 30.0 Å². The van der Waals surface area contributed by atoms with E-state index in [1.165, 1.54) is 24.3 Å². The van der Waals surface area contributed by atoms with Crippen LogP contribution in [0.25, 0.3) is 0 Å². The molecule has 3 N–H and O–H groups in total. The molecule has 0 aliphatic carbocycles. The maximum atomic E-state index is 12.1. The fraction of sp³-hybridized carbons (Fsp3) is 0.462. The van der Waals surface area contributed by atoms with Crippen molar-refractivity contribution in [1.29, 1.82) is 5.41 Å². The molecular formula is C13H18N2O4S. The second-order valence-corrected chi connectivity index (χ2v) is 6.72. The van der Waals surface area contributed by atoms with Gasteiger partial charge in [-0.2, -0.15) is 0 Å². The fourth-order valence-corrected chi connectivity index (χ4v) is 3.03. The molecule has 110 valence electrons. The number of ether oxygens (including phenoxy) is 2. The van der Waals surface area contributed by atoms with Gasteiger partial charge in [0, 0.05) is 12.2 Å². The Morgan fingerprint density at radius 3 is 2.65 bits per heavy atom. The van der Waals surface area contributed by atoms with Crippen molar-refractivity contribution in [3.8, 4) is 0 Å². The predicted octanol–water partition coefficient (Wildman–Crippen LogP) is 0.550. The molecule has 1 fully saturated rings. The van der Waals surface area contributed by atoms with E-state index in [9.17, 15) is 8.42 Å². The maximum Gasteiger partial charge on any atom is 0.180 e. The average Bonchev–Trinajstić information content (AvgIpc) is 2.92. The van der Waals surface area contributed by atoms with Crippen molar-refractivity contribution in [2.24, 2.45) is 5.73 Å². The van der Waals surface area contributed by atoms with E-state index in [0.29, 0.717) is 18.8 Å². The molecule has 2 rings (SSSR count). The van der Waals surface area contributed by atoms with Crippen LogP contribution >= 0.6 is 0 Å². The van der Waals surface area contributed by atoms with Gasteiger partial charge in [0.1, 0.15) is 5.84 Å². The van der Waals surface area contributed by atoms with Gasteiger partial charge in [-0.1, -0.05) is 12.1 Å². The molecule has 0 spiro atoms. The number of benzene rings is 1. The molecule has 20 heavy (non-hydrogen) atoms. The number of nitrogens with one attached hydrogen (secondary N) is 1. The molecule has 1 aromatic rings. The van der Waals surface area contributed by atoms with Gasteiger partial charge in [0.15, 0.2) is 9.84 Å². The molecule has 7 heteroatoms. The Hall–Kier alpha value is -1.44. The van der Waals surface area contributed by atoms with Crippen LogP contribution in [0.5, 0.6) is 0 Å². The Kier molecular flexibility index (Phi) is 4.74. The summed E-state index contributed by atoms with van der Waals surface area (Å²) in [4.78, 5) is 0.216. The number of amidine groups is 1. The summed E-state index contributed by atoms with van der Waals surface area (Å²) in [7, 11) is -3.37. The summed E-state index contributed by atoms with van der Waals surface area (Å²) >= 11 is 0. The molecule has 1 saturated heterocycles. The summed E-state index contributed by atoms with van der Waals surface area (Å²) in [6.45, 7) is 1.36. The molecule has 1 unspecified atom stereocenters. The van der Waals surface area contributed by atoms with Crippen LogP contribution in [0.1, 0.15) is 12.0 Å². The first-order valence-electron chi connectivity index (χ1n) is 6.35. The van der Waals surface area contributed by atoms with Crippen LogP contribution < -0.4 is 5.73 Å². The highest BCUT2D eigenvalue weighted by molar-refractivity contribution is 7.91. The number of rotatable bonds is 6. The first kappa shape index (κ1) is 15.0. The van der Waals surface area contributed by atoms with E-state index in [2.05, 4.69) is 0 Å². The highest BCUT2D eigenvalue weighted by Gasteiger charge is 2.19. The average molecular weight is 298 g/mol. The number of hydrogen-bond acceptors (Lipinski definition) is 5. The highest BCUT2D eigenvalue weighted by Crippen LogP contribution is 2.14. The molecule has 0 aromatic heterocycles. The van der Waals surface area contributed by atoms with Crippen molar-refractivity contribution in [3.63, 3.8) is 0 Å². The Labute approximate surface area is 118 Å². The summed E-state index contributed by atoms with van der Waals surface area (Å²) in [5.41, 5.74) is 5.83. The van der Waals surface area contributed by atoms with Crippen LogP contribution in [0.3, 0.4) is 0 Å². The molecule has 0 amide bonds. The van der Waals surface area contributed by atoms with E-state index in [0.717, 1.165) is 6.42 Å². The van der Waals surface area contributed by atoms with Crippen molar-refractivity contribution in [2.75, 3.05) is 25.6 Å². The Morgan fingerprint density at radius 1 is 1.40 bits per heavy atom. The third kappa shape index (κ3) is 3.78. The fourth-order valence-electron chi connectivity index (χ4n) is 1.93. The third-order valence-corrected chi connectivity index (χ3v) is 4.81. The van der Waals surface area contributed by atoms with Gasteiger partial charge >= 0.3 is 0 Å². The number of hydrogen-bond donors (Lipinski definition) is 2. The van der Waals surface area contributed by atoms with Crippen LogP contribution in [0, 0.1) is 5.41 Å². The normalized spacial score (nSPS) is 19.1. The van der Waals surface area contributed by atoms with E-state index in [-0.39, 0.29) is 29.2 Å². The number of nitrogen functional groups attached to an aromatic ring is 1. The Balaban J connectivity index is 1.93. The second-order valence-electron chi connectivity index (χ2n) is 4.61. The largest absolute Gasteiger partial charge is 0.384 e. The lowest BCUT2D eigenvalue weighted by molar-refractivity contribution is 0.0520. The van der Waals surface area contributed by atoms with Crippen molar-refractivity contribution in [2.45, 2.75) is 17.4 Å². The minimum atomic E-state index is -3.37. The molecule has 0 saturated carbocycles. The Bertz CT molecular complexity index is 563. The van der Waals surface area contributed by atoms with Crippen LogP contribution in [0.15, 0.2) is 29.2 Å². The Morgan fingerprint density at radius 2 is 2.10 bits per heavy atom. The van der Waals surface area contributed by atoms with E-state index in [1.54, 1.807) is 0 Å². The summed E-state index contributed by atoms with van der Waals surface area (Å²) in [6, 6.07) is 5.98. The van der Waals surface area contributed by atoms with Gasteiger partial charge in [-0.25, -0.2) is 8.42 Å². The molecule has 1 aliphatic heterocycles. The highest BCUT2D eigenvalue weighted by atomic mass is 32.2. The molecule has 1 atom stereocenters. The third-order valence-electron chi connectivity index (χ3n) is 3.12. The van der Waals surface area contributed by atoms with Gasteiger partial charge < -0.3 is 15.2 Å². The lowest BCUT2D eigenvalue weighted by atomic mass is 10.2. The molecule has 1 aliphatic rings. The van der Waals surface area contributed by atoms with Crippen molar-refractivity contribution in [3.05, 3.63) is 29.8 Å². The van der Waals surface area contributed by atoms with Crippen LogP contribution in [0.4, 0.5) is 0 Å². The van der Waals surface area contributed by atoms with E-state index in [4.69, 9.17) is 20.6 Å². The molecule has 1 aromatic carbocycles. The van der Waals surface area contributed by atoms with E-state index < -0.39 is 9.84 Å². The minimum Gasteiger partial charge on any atom is -0.384 e. The van der Waals surface area contributed by atoms with Crippen LogP contribution in [-0.4, -0.2) is 45.9 Å². The molecule has 0 bridgehead atoms. The quantitative estimate of drug-likeness (QED) is 0.590. The van der Waals surface area contributed by atoms with Gasteiger partial charge in [0.2, 0.25) is 0 Å². The molecule has 1 heterocycles. The first-order chi connectivity index (χ1) is 9.49. The van der Waals surface area contributed by atoms with Gasteiger partial charge in [0.25, 0.3) is 0 Å². The minimum absolute atomic E-state index is 0.00490. The number of sulfone groups is 1. The van der Waals surface area contributed by atoms with Gasteiger partial charge in [-0.15, -0.1) is 0 Å². The van der Waals surface area contributed by atoms with Crippen molar-refractivity contribution >= 4 is 15.7 Å². The molecule has 0 radical (unpaired) electrons. The first-order valence-corrected chi connectivity index (χ1v) is 8.01. The van der Waals surface area contributed by atoms with Gasteiger partial charge in [-0.05, 0) is 18.6 Å². The zero-order valence-electron chi connectivity index (χ0n) is 11.0. The SMILES string of the molecule is N=C(N)c1ccc(S(=O)(=O)CCOC2CCOC2)cc1. The topological polar surface area (TPSA) is 102 Å². The maximum absolute atomic E-state index is 12.1. The predicted molar refractivity (Wildman–Crippen MR) is 74.7 cm³/mol. The van der Waals surface area contributed by atoms with E-state index >= 15 is 0 Å². The standard InChI is InChI=1S/C13H18N2O4S/c14-13(15)10-1-3-12(4-2-10)20(16,17)8-7-19-11-5-6-18-9-11/h1-4,11H,5-9H2,(H3,14,15). The lowest BCUT2D eigenvalue weighted by Crippen LogP contribution is -2.19. The lowest BCUT2D eigenvalue weighted by Gasteiger charge is -2.10. The zero-order valence-corrected chi connectivity index (χ0v) is 11.9. The molecule has 6 nitrogen and oxygen atoms in total. The van der Waals surface area contributed by atoms with Crippen LogP contribution in [-0.2, 0) is 19.3 Å². The van der Waals surface area contributed by atoms with E-state index in [1.807, 2.05) is 0 Å². The summed E-state index contributed by atoms with van der Waals surface area (Å²) in [5.74, 6) is -0.151. The molecular weight excluding hydrogens is 280 g/mol. The number of nitrogens with two attached hydrogens (primary N) is 1. The van der Waals surface area contributed by atoms with Crippen LogP contribution in [0.2, 0.25) is 0 Å². The zero-order chi connectivity index (χ0) is 14.6. The van der Waals surface area contributed by atoms with Gasteiger partial charge in [-0.3, -0.25) is 5.41 Å². The monoisotopic (exact) mass is 298 g/mol. The summed E-state index contributed by atoms with van der Waals surface area (Å²) in [5, 5.41) is 7.26. The van der Waals surface area contributed by atoms with Crippen molar-refractivity contribution < 1.29 is 17.9 Å². The smallest absolute Gasteiger partial charge is 0.180 e. The van der Waals surface area contributed by atoms with Crippen molar-refractivity contribution in [1.82, 2.24) is 0 Å². The summed E-state index contributed by atoms with van der Waals surface area (Å²) < 4.78 is 34.8.